The van der Waals surface area contributed by atoms with Gasteiger partial charge >= 0.3 is 0 Å². The van der Waals surface area contributed by atoms with E-state index in [1.807, 2.05) is 31.2 Å². The Labute approximate surface area is 171 Å². The van der Waals surface area contributed by atoms with E-state index in [2.05, 4.69) is 5.32 Å². The summed E-state index contributed by atoms with van der Waals surface area (Å²) in [6.07, 6.45) is 1.06. The number of nitrogens with zero attached hydrogens (tertiary/aromatic N) is 1. The van der Waals surface area contributed by atoms with Gasteiger partial charge in [0.25, 0.3) is 0 Å². The molecule has 0 spiro atoms. The van der Waals surface area contributed by atoms with Crippen molar-refractivity contribution in [1.29, 1.82) is 0 Å². The van der Waals surface area contributed by atoms with Crippen LogP contribution in [0.1, 0.15) is 18.1 Å². The lowest BCUT2D eigenvalue weighted by Gasteiger charge is -2.25. The minimum absolute atomic E-state index is 0.270. The molecule has 152 valence electrons. The third kappa shape index (κ3) is 5.87. The van der Waals surface area contributed by atoms with Gasteiger partial charge in [-0.1, -0.05) is 35.9 Å². The maximum Gasteiger partial charge on any atom is 0.241 e. The highest BCUT2D eigenvalue weighted by Gasteiger charge is 2.23. The molecular formula is C20H25ClN2O4S. The Morgan fingerprint density at radius 1 is 1.18 bits per heavy atom. The lowest BCUT2D eigenvalue weighted by molar-refractivity contribution is -0.120. The quantitative estimate of drug-likeness (QED) is 0.705. The summed E-state index contributed by atoms with van der Waals surface area (Å²) in [5, 5.41) is 3.21. The third-order valence-corrected chi connectivity index (χ3v) is 5.72. The second-order valence-electron chi connectivity index (χ2n) is 6.70. The highest BCUT2D eigenvalue weighted by Crippen LogP contribution is 2.28. The van der Waals surface area contributed by atoms with Gasteiger partial charge in [0.2, 0.25) is 15.9 Å². The van der Waals surface area contributed by atoms with E-state index in [0.717, 1.165) is 21.9 Å². The number of rotatable bonds is 8. The molecule has 1 amide bonds. The minimum atomic E-state index is -3.67. The van der Waals surface area contributed by atoms with E-state index in [1.165, 1.54) is 0 Å². The summed E-state index contributed by atoms with van der Waals surface area (Å²) in [4.78, 5) is 12.5. The third-order valence-electron chi connectivity index (χ3n) is 4.19. The van der Waals surface area contributed by atoms with Gasteiger partial charge in [0, 0.05) is 5.02 Å². The van der Waals surface area contributed by atoms with Crippen LogP contribution in [0.25, 0.3) is 0 Å². The van der Waals surface area contributed by atoms with Crippen LogP contribution in [0.15, 0.2) is 42.5 Å². The van der Waals surface area contributed by atoms with Gasteiger partial charge in [-0.25, -0.2) is 8.42 Å². The Kier molecular flexibility index (Phi) is 7.32. The number of halogens is 1. The number of aryl methyl sites for hydroxylation is 1. The van der Waals surface area contributed by atoms with Gasteiger partial charge in [-0.15, -0.1) is 0 Å². The average molecular weight is 425 g/mol. The number of amides is 1. The summed E-state index contributed by atoms with van der Waals surface area (Å²) in [7, 11) is -3.67. The zero-order valence-corrected chi connectivity index (χ0v) is 18.0. The van der Waals surface area contributed by atoms with Gasteiger partial charge < -0.3 is 10.1 Å². The molecule has 2 aromatic rings. The monoisotopic (exact) mass is 424 g/mol. The van der Waals surface area contributed by atoms with Crippen molar-refractivity contribution in [1.82, 2.24) is 5.32 Å². The van der Waals surface area contributed by atoms with E-state index in [0.29, 0.717) is 16.3 Å². The van der Waals surface area contributed by atoms with Gasteiger partial charge in [-0.3, -0.25) is 9.10 Å². The number of carbonyl (C=O) groups excluding carboxylic acids is 1. The number of ether oxygens (including phenoxy) is 1. The zero-order valence-electron chi connectivity index (χ0n) is 16.4. The Morgan fingerprint density at radius 3 is 2.50 bits per heavy atom. The van der Waals surface area contributed by atoms with Crippen LogP contribution in [0.2, 0.25) is 5.02 Å². The summed E-state index contributed by atoms with van der Waals surface area (Å²) in [6, 6.07) is 12.3. The van der Waals surface area contributed by atoms with Gasteiger partial charge in [-0.05, 0) is 50.1 Å². The van der Waals surface area contributed by atoms with Crippen molar-refractivity contribution < 1.29 is 17.9 Å². The van der Waals surface area contributed by atoms with Gasteiger partial charge in [0.1, 0.15) is 18.9 Å². The molecule has 0 aliphatic rings. The maximum absolute atomic E-state index is 12.5. The summed E-state index contributed by atoms with van der Waals surface area (Å²) in [5.74, 6) is 0.321. The fourth-order valence-electron chi connectivity index (χ4n) is 2.67. The van der Waals surface area contributed by atoms with Crippen LogP contribution in [0.4, 0.5) is 5.69 Å². The predicted molar refractivity (Wildman–Crippen MR) is 113 cm³/mol. The van der Waals surface area contributed by atoms with Crippen LogP contribution < -0.4 is 14.4 Å². The molecule has 0 aliphatic carbocycles. The fraction of sp³-hybridized carbons (Fsp3) is 0.350. The molecule has 0 saturated heterocycles. The molecule has 1 unspecified atom stereocenters. The Hall–Kier alpha value is -2.25. The number of hydrogen-bond acceptors (Lipinski definition) is 4. The van der Waals surface area contributed by atoms with E-state index < -0.39 is 15.9 Å². The Bertz CT molecular complexity index is 947. The molecule has 28 heavy (non-hydrogen) atoms. The first-order valence-electron chi connectivity index (χ1n) is 8.80. The highest BCUT2D eigenvalue weighted by molar-refractivity contribution is 7.92. The van der Waals surface area contributed by atoms with E-state index in [4.69, 9.17) is 16.3 Å². The molecule has 0 fully saturated rings. The van der Waals surface area contributed by atoms with Crippen molar-refractivity contribution in [2.45, 2.75) is 26.8 Å². The average Bonchev–Trinajstić information content (AvgIpc) is 2.61. The standard InChI is InChI=1S/C20H25ClN2O4S/c1-14-8-5-6-11-19(14)27-13-15(2)22-20(24)12-23(28(4,25)26)18-10-7-9-17(21)16(18)3/h5-11,15H,12-13H2,1-4H3,(H,22,24). The summed E-state index contributed by atoms with van der Waals surface area (Å²) in [5.41, 5.74) is 1.98. The predicted octanol–water partition coefficient (Wildman–Crippen LogP) is 3.31. The minimum Gasteiger partial charge on any atom is -0.491 e. The van der Waals surface area contributed by atoms with E-state index in [9.17, 15) is 13.2 Å². The maximum atomic E-state index is 12.5. The molecule has 2 aromatic carbocycles. The molecule has 2 rings (SSSR count). The van der Waals surface area contributed by atoms with Gasteiger partial charge in [-0.2, -0.15) is 0 Å². The van der Waals surface area contributed by atoms with Crippen molar-refractivity contribution >= 4 is 33.2 Å². The van der Waals surface area contributed by atoms with Crippen molar-refractivity contribution in [2.24, 2.45) is 0 Å². The van der Waals surface area contributed by atoms with Crippen LogP contribution in [-0.4, -0.2) is 39.8 Å². The lowest BCUT2D eigenvalue weighted by atomic mass is 10.2. The molecule has 0 heterocycles. The molecule has 0 aromatic heterocycles. The number of anilines is 1. The van der Waals surface area contributed by atoms with Gasteiger partial charge in [0.15, 0.2) is 0 Å². The SMILES string of the molecule is Cc1ccccc1OCC(C)NC(=O)CN(c1cccc(Cl)c1C)S(C)(=O)=O. The van der Waals surface area contributed by atoms with Crippen molar-refractivity contribution in [3.05, 3.63) is 58.6 Å². The lowest BCUT2D eigenvalue weighted by Crippen LogP contribution is -2.45. The normalized spacial score (nSPS) is 12.3. The molecular weight excluding hydrogens is 400 g/mol. The first-order chi connectivity index (χ1) is 13.1. The van der Waals surface area contributed by atoms with E-state index in [-0.39, 0.29) is 19.2 Å². The summed E-state index contributed by atoms with van der Waals surface area (Å²) < 4.78 is 31.3. The van der Waals surface area contributed by atoms with Crippen molar-refractivity contribution in [3.63, 3.8) is 0 Å². The molecule has 6 nitrogen and oxygen atoms in total. The number of benzene rings is 2. The highest BCUT2D eigenvalue weighted by atomic mass is 35.5. The van der Waals surface area contributed by atoms with Gasteiger partial charge in [0.05, 0.1) is 18.0 Å². The van der Waals surface area contributed by atoms with E-state index in [1.54, 1.807) is 32.0 Å². The second-order valence-corrected chi connectivity index (χ2v) is 9.01. The van der Waals surface area contributed by atoms with Crippen LogP contribution in [-0.2, 0) is 14.8 Å². The van der Waals surface area contributed by atoms with Crippen LogP contribution >= 0.6 is 11.6 Å². The van der Waals surface area contributed by atoms with Crippen LogP contribution in [0.5, 0.6) is 5.75 Å². The largest absolute Gasteiger partial charge is 0.491 e. The molecule has 1 atom stereocenters. The molecule has 0 aliphatic heterocycles. The van der Waals surface area contributed by atoms with E-state index >= 15 is 0 Å². The number of nitrogens with one attached hydrogen (secondary N) is 1. The van der Waals surface area contributed by atoms with Crippen LogP contribution in [0.3, 0.4) is 0 Å². The fourth-order valence-corrected chi connectivity index (χ4v) is 3.75. The number of sulfonamides is 1. The Balaban J connectivity index is 2.04. The number of hydrogen-bond donors (Lipinski definition) is 1. The first kappa shape index (κ1) is 22.0. The Morgan fingerprint density at radius 2 is 1.86 bits per heavy atom. The topological polar surface area (TPSA) is 75.7 Å². The molecule has 0 bridgehead atoms. The summed E-state index contributed by atoms with van der Waals surface area (Å²) >= 11 is 6.10. The first-order valence-corrected chi connectivity index (χ1v) is 11.0. The molecule has 8 heteroatoms. The number of carbonyl (C=O) groups is 1. The second kappa shape index (κ2) is 9.30. The molecule has 1 N–H and O–H groups in total. The van der Waals surface area contributed by atoms with Crippen molar-refractivity contribution in [3.8, 4) is 5.75 Å². The molecule has 0 radical (unpaired) electrons. The number of para-hydroxylation sites is 1. The molecule has 0 saturated carbocycles. The van der Waals surface area contributed by atoms with Crippen molar-refractivity contribution in [2.75, 3.05) is 23.7 Å². The smallest absolute Gasteiger partial charge is 0.241 e. The zero-order chi connectivity index (χ0) is 20.9. The summed E-state index contributed by atoms with van der Waals surface area (Å²) in [6.45, 7) is 5.38. The van der Waals surface area contributed by atoms with Crippen LogP contribution in [0, 0.1) is 13.8 Å².